The molecule has 3 rings (SSSR count). The number of amides is 1. The molecule has 0 saturated heterocycles. The van der Waals surface area contributed by atoms with E-state index >= 15 is 0 Å². The summed E-state index contributed by atoms with van der Waals surface area (Å²) in [6.45, 7) is 5.86. The molecule has 31 heavy (non-hydrogen) atoms. The van der Waals surface area contributed by atoms with Crippen molar-refractivity contribution in [3.63, 3.8) is 0 Å². The largest absolute Gasteiger partial charge is 0.356 e. The second-order valence-corrected chi connectivity index (χ2v) is 7.81. The number of aryl methyl sites for hydroxylation is 1. The molecule has 1 atom stereocenters. The number of hydrogen-bond acceptors (Lipinski definition) is 2. The summed E-state index contributed by atoms with van der Waals surface area (Å²) in [4.78, 5) is 18.7. The van der Waals surface area contributed by atoms with Crippen molar-refractivity contribution >= 4 is 35.8 Å². The van der Waals surface area contributed by atoms with Crippen molar-refractivity contribution in [2.75, 3.05) is 20.1 Å². The second-order valence-electron chi connectivity index (χ2n) is 7.81. The molecule has 0 saturated carbocycles. The molecule has 168 valence electrons. The average Bonchev–Trinajstić information content (AvgIpc) is 2.77. The van der Waals surface area contributed by atoms with Crippen LogP contribution in [-0.4, -0.2) is 36.9 Å². The maximum atomic E-state index is 13.8. The first kappa shape index (κ1) is 25.1. The molecule has 0 bridgehead atoms. The molecule has 1 heterocycles. The average molecular weight is 538 g/mol. The third-order valence-corrected chi connectivity index (χ3v) is 5.62. The minimum Gasteiger partial charge on any atom is -0.356 e. The maximum absolute atomic E-state index is 13.8. The van der Waals surface area contributed by atoms with Crippen LogP contribution >= 0.6 is 24.0 Å². The van der Waals surface area contributed by atoms with Gasteiger partial charge in [-0.1, -0.05) is 36.4 Å². The van der Waals surface area contributed by atoms with Crippen LogP contribution in [0.25, 0.3) is 0 Å². The number of aliphatic imine (C=N–C) groups is 1. The first-order valence-electron chi connectivity index (χ1n) is 10.6. The molecule has 0 aliphatic carbocycles. The van der Waals surface area contributed by atoms with Crippen LogP contribution in [0.1, 0.15) is 48.1 Å². The standard InChI is InChI=1S/C24H31FN4O.HI/c1-17-10-11-20(15-22(17)25)18(2)28-24(26-3)27-13-6-9-23(30)29-14-12-19-7-4-5-8-21(19)16-29;/h4-5,7-8,10-11,15,18H,6,9,12-14,16H2,1-3H3,(H2,26,27,28);1H. The Bertz CT molecular complexity index is 918. The van der Waals surface area contributed by atoms with Crippen LogP contribution in [0.4, 0.5) is 4.39 Å². The molecule has 2 N–H and O–H groups in total. The maximum Gasteiger partial charge on any atom is 0.222 e. The number of fused-ring (bicyclic) bond motifs is 1. The number of rotatable bonds is 6. The van der Waals surface area contributed by atoms with E-state index in [1.54, 1.807) is 26.1 Å². The zero-order chi connectivity index (χ0) is 21.5. The van der Waals surface area contributed by atoms with Crippen LogP contribution in [0.15, 0.2) is 47.5 Å². The number of nitrogens with one attached hydrogen (secondary N) is 2. The monoisotopic (exact) mass is 538 g/mol. The van der Waals surface area contributed by atoms with Gasteiger partial charge in [0.15, 0.2) is 5.96 Å². The molecule has 1 aliphatic rings. The van der Waals surface area contributed by atoms with Crippen molar-refractivity contribution < 1.29 is 9.18 Å². The van der Waals surface area contributed by atoms with Gasteiger partial charge in [0.05, 0.1) is 6.04 Å². The summed E-state index contributed by atoms with van der Waals surface area (Å²) in [6, 6.07) is 13.5. The van der Waals surface area contributed by atoms with E-state index in [9.17, 15) is 9.18 Å². The Balaban J connectivity index is 0.00000341. The van der Waals surface area contributed by atoms with Gasteiger partial charge in [-0.25, -0.2) is 4.39 Å². The normalized spacial score (nSPS) is 14.3. The summed E-state index contributed by atoms with van der Waals surface area (Å²) in [5, 5.41) is 6.51. The van der Waals surface area contributed by atoms with Gasteiger partial charge in [-0.3, -0.25) is 9.79 Å². The van der Waals surface area contributed by atoms with Gasteiger partial charge in [-0.2, -0.15) is 0 Å². The number of nitrogens with zero attached hydrogens (tertiary/aromatic N) is 2. The molecule has 2 aromatic carbocycles. The van der Waals surface area contributed by atoms with Crippen molar-refractivity contribution in [1.29, 1.82) is 0 Å². The molecule has 0 aromatic heterocycles. The summed E-state index contributed by atoms with van der Waals surface area (Å²) in [5.41, 5.74) is 4.10. The Hall–Kier alpha value is -2.16. The number of benzene rings is 2. The highest BCUT2D eigenvalue weighted by atomic mass is 127. The van der Waals surface area contributed by atoms with Gasteiger partial charge in [0.25, 0.3) is 0 Å². The van der Waals surface area contributed by atoms with Gasteiger partial charge in [-0.05, 0) is 55.0 Å². The lowest BCUT2D eigenvalue weighted by Gasteiger charge is -2.29. The molecule has 0 radical (unpaired) electrons. The van der Waals surface area contributed by atoms with Gasteiger partial charge in [0.1, 0.15) is 5.82 Å². The number of carbonyl (C=O) groups is 1. The molecule has 0 fully saturated rings. The molecule has 1 aliphatic heterocycles. The van der Waals surface area contributed by atoms with E-state index in [1.165, 1.54) is 11.1 Å². The molecular weight excluding hydrogens is 506 g/mol. The van der Waals surface area contributed by atoms with E-state index in [1.807, 2.05) is 24.0 Å². The highest BCUT2D eigenvalue weighted by Crippen LogP contribution is 2.19. The smallest absolute Gasteiger partial charge is 0.222 e. The Kier molecular flexibility index (Phi) is 9.74. The predicted molar refractivity (Wildman–Crippen MR) is 134 cm³/mol. The van der Waals surface area contributed by atoms with Crippen LogP contribution in [0.2, 0.25) is 0 Å². The van der Waals surface area contributed by atoms with Gasteiger partial charge in [0.2, 0.25) is 5.91 Å². The highest BCUT2D eigenvalue weighted by molar-refractivity contribution is 14.0. The molecule has 5 nitrogen and oxygen atoms in total. The van der Waals surface area contributed by atoms with Gasteiger partial charge >= 0.3 is 0 Å². The first-order chi connectivity index (χ1) is 14.5. The fraction of sp³-hybridized carbons (Fsp3) is 0.417. The van der Waals surface area contributed by atoms with Crippen molar-refractivity contribution in [3.05, 3.63) is 70.5 Å². The van der Waals surface area contributed by atoms with Crippen molar-refractivity contribution in [1.82, 2.24) is 15.5 Å². The fourth-order valence-corrected chi connectivity index (χ4v) is 3.67. The Morgan fingerprint density at radius 2 is 1.97 bits per heavy atom. The summed E-state index contributed by atoms with van der Waals surface area (Å²) >= 11 is 0. The fourth-order valence-electron chi connectivity index (χ4n) is 3.67. The summed E-state index contributed by atoms with van der Waals surface area (Å²) in [7, 11) is 1.70. The Morgan fingerprint density at radius 3 is 2.68 bits per heavy atom. The van der Waals surface area contributed by atoms with E-state index in [2.05, 4.69) is 33.8 Å². The molecule has 2 aromatic rings. The van der Waals surface area contributed by atoms with Gasteiger partial charge < -0.3 is 15.5 Å². The van der Waals surface area contributed by atoms with Gasteiger partial charge in [0, 0.05) is 33.1 Å². The molecule has 1 unspecified atom stereocenters. The lowest BCUT2D eigenvalue weighted by molar-refractivity contribution is -0.132. The van der Waals surface area contributed by atoms with Crippen molar-refractivity contribution in [2.45, 2.75) is 45.7 Å². The first-order valence-corrected chi connectivity index (χ1v) is 10.6. The minimum atomic E-state index is -0.206. The zero-order valence-corrected chi connectivity index (χ0v) is 20.8. The van der Waals surface area contributed by atoms with Crippen molar-refractivity contribution in [3.8, 4) is 0 Å². The predicted octanol–water partition coefficient (Wildman–Crippen LogP) is 4.34. The minimum absolute atomic E-state index is 0. The molecular formula is C24H32FIN4O. The lowest BCUT2D eigenvalue weighted by Crippen LogP contribution is -2.40. The van der Waals surface area contributed by atoms with E-state index in [0.29, 0.717) is 31.0 Å². The SMILES string of the molecule is CN=C(NCCCC(=O)N1CCc2ccccc2C1)NC(C)c1ccc(C)c(F)c1.I. The van der Waals surface area contributed by atoms with Crippen molar-refractivity contribution in [2.24, 2.45) is 4.99 Å². The molecule has 0 spiro atoms. The van der Waals surface area contributed by atoms with Crippen LogP contribution in [-0.2, 0) is 17.8 Å². The quantitative estimate of drug-likeness (QED) is 0.249. The van der Waals surface area contributed by atoms with Crippen LogP contribution < -0.4 is 10.6 Å². The molecule has 1 amide bonds. The van der Waals surface area contributed by atoms with Crippen LogP contribution in [0.3, 0.4) is 0 Å². The highest BCUT2D eigenvalue weighted by Gasteiger charge is 2.19. The third kappa shape index (κ3) is 6.92. The van der Waals surface area contributed by atoms with E-state index < -0.39 is 0 Å². The summed E-state index contributed by atoms with van der Waals surface area (Å²) in [5.74, 6) is 0.628. The summed E-state index contributed by atoms with van der Waals surface area (Å²) in [6.07, 6.45) is 2.16. The Morgan fingerprint density at radius 1 is 1.23 bits per heavy atom. The summed E-state index contributed by atoms with van der Waals surface area (Å²) < 4.78 is 13.8. The van der Waals surface area contributed by atoms with E-state index in [0.717, 1.165) is 24.9 Å². The van der Waals surface area contributed by atoms with Crippen LogP contribution in [0.5, 0.6) is 0 Å². The van der Waals surface area contributed by atoms with E-state index in [-0.39, 0.29) is 41.7 Å². The van der Waals surface area contributed by atoms with Crippen LogP contribution in [0, 0.1) is 12.7 Å². The van der Waals surface area contributed by atoms with E-state index in [4.69, 9.17) is 0 Å². The number of guanidine groups is 1. The zero-order valence-electron chi connectivity index (χ0n) is 18.5. The van der Waals surface area contributed by atoms with Gasteiger partial charge in [-0.15, -0.1) is 24.0 Å². The number of halogens is 2. The number of carbonyl (C=O) groups excluding carboxylic acids is 1. The topological polar surface area (TPSA) is 56.7 Å². The Labute approximate surface area is 201 Å². The number of hydrogen-bond donors (Lipinski definition) is 2. The third-order valence-electron chi connectivity index (χ3n) is 5.62. The lowest BCUT2D eigenvalue weighted by atomic mass is 9.99. The molecule has 7 heteroatoms. The second kappa shape index (κ2) is 12.0.